The van der Waals surface area contributed by atoms with Crippen molar-refractivity contribution in [2.75, 3.05) is 26.0 Å². The van der Waals surface area contributed by atoms with E-state index in [-0.39, 0.29) is 11.7 Å². The van der Waals surface area contributed by atoms with Crippen molar-refractivity contribution in [1.29, 1.82) is 0 Å². The Morgan fingerprint density at radius 2 is 1.81 bits per heavy atom. The molecule has 0 aliphatic carbocycles. The highest BCUT2D eigenvalue weighted by molar-refractivity contribution is 7.17. The number of likely N-dealkylation sites (N-methyl/N-ethyl adjacent to an activating group) is 1. The van der Waals surface area contributed by atoms with E-state index in [2.05, 4.69) is 10.2 Å². The molecule has 3 rings (SSSR count). The number of carbonyl (C=O) groups is 3. The summed E-state index contributed by atoms with van der Waals surface area (Å²) in [6, 6.07) is 6.44. The third-order valence-electron chi connectivity index (χ3n) is 4.42. The summed E-state index contributed by atoms with van der Waals surface area (Å²) in [5.74, 6) is -0.813. The van der Waals surface area contributed by atoms with Gasteiger partial charge in [-0.25, -0.2) is 4.79 Å². The fraction of sp³-hybridized carbons (Fsp3) is 0.316. The van der Waals surface area contributed by atoms with Crippen molar-refractivity contribution in [3.05, 3.63) is 51.4 Å². The van der Waals surface area contributed by atoms with E-state index in [0.29, 0.717) is 21.7 Å². The van der Waals surface area contributed by atoms with E-state index in [1.54, 1.807) is 24.3 Å². The lowest BCUT2D eigenvalue weighted by molar-refractivity contribution is 0.0600. The van der Waals surface area contributed by atoms with Crippen LogP contribution in [-0.2, 0) is 17.7 Å². The molecule has 0 unspecified atom stereocenters. The molecule has 26 heavy (non-hydrogen) atoms. The molecule has 0 fully saturated rings. The van der Waals surface area contributed by atoms with Crippen LogP contribution in [0.5, 0.6) is 0 Å². The van der Waals surface area contributed by atoms with Gasteiger partial charge in [-0.1, -0.05) is 12.1 Å². The monoisotopic (exact) mass is 372 g/mol. The number of carbonyl (C=O) groups excluding carboxylic acids is 3. The number of amides is 1. The third kappa shape index (κ3) is 3.54. The number of anilines is 1. The number of ketones is 1. The first-order valence-corrected chi connectivity index (χ1v) is 9.06. The quantitative estimate of drug-likeness (QED) is 0.660. The second-order valence-corrected chi connectivity index (χ2v) is 7.38. The molecule has 1 N–H and O–H groups in total. The second-order valence-electron chi connectivity index (χ2n) is 6.27. The number of methoxy groups -OCH3 is 1. The van der Waals surface area contributed by atoms with Crippen LogP contribution in [0.4, 0.5) is 5.00 Å². The molecule has 0 atom stereocenters. The minimum absolute atomic E-state index is 0.0556. The van der Waals surface area contributed by atoms with Gasteiger partial charge in [-0.2, -0.15) is 0 Å². The molecule has 1 aromatic heterocycles. The lowest BCUT2D eigenvalue weighted by Crippen LogP contribution is -2.26. The van der Waals surface area contributed by atoms with Gasteiger partial charge in [0.25, 0.3) is 5.91 Å². The summed E-state index contributed by atoms with van der Waals surface area (Å²) < 4.78 is 4.92. The fourth-order valence-electron chi connectivity index (χ4n) is 2.97. The minimum atomic E-state index is -0.436. The Kier molecular flexibility index (Phi) is 5.20. The maximum atomic E-state index is 12.6. The highest BCUT2D eigenvalue weighted by Gasteiger charge is 2.28. The number of hydrogen-bond acceptors (Lipinski definition) is 6. The van der Waals surface area contributed by atoms with Crippen LogP contribution in [0.25, 0.3) is 0 Å². The van der Waals surface area contributed by atoms with Crippen LogP contribution < -0.4 is 5.32 Å². The Labute approximate surface area is 155 Å². The number of fused-ring (bicyclic) bond motifs is 1. The summed E-state index contributed by atoms with van der Waals surface area (Å²) in [7, 11) is 3.36. The van der Waals surface area contributed by atoms with Crippen molar-refractivity contribution >= 4 is 34.0 Å². The summed E-state index contributed by atoms with van der Waals surface area (Å²) in [6.45, 7) is 3.08. The van der Waals surface area contributed by atoms with Gasteiger partial charge in [0.15, 0.2) is 5.78 Å². The number of benzene rings is 1. The largest absolute Gasteiger partial charge is 0.465 e. The Morgan fingerprint density at radius 1 is 1.15 bits per heavy atom. The van der Waals surface area contributed by atoms with Crippen molar-refractivity contribution in [3.8, 4) is 0 Å². The zero-order chi connectivity index (χ0) is 18.8. The number of hydrogen-bond donors (Lipinski definition) is 1. The van der Waals surface area contributed by atoms with Gasteiger partial charge in [-0.05, 0) is 38.1 Å². The summed E-state index contributed by atoms with van der Waals surface area (Å²) >= 11 is 1.41. The van der Waals surface area contributed by atoms with Crippen molar-refractivity contribution in [2.45, 2.75) is 19.9 Å². The van der Waals surface area contributed by atoms with E-state index in [0.717, 1.165) is 30.0 Å². The van der Waals surface area contributed by atoms with Gasteiger partial charge in [-0.15, -0.1) is 11.3 Å². The zero-order valence-corrected chi connectivity index (χ0v) is 15.7. The number of Topliss-reactive ketones (excluding diaryl/α,β-unsaturated/α-hetero) is 1. The number of nitrogens with zero attached hydrogens (tertiary/aromatic N) is 1. The van der Waals surface area contributed by atoms with Gasteiger partial charge >= 0.3 is 5.97 Å². The molecule has 0 saturated heterocycles. The molecule has 0 radical (unpaired) electrons. The molecule has 7 heteroatoms. The number of thiophene rings is 1. The van der Waals surface area contributed by atoms with E-state index in [1.807, 2.05) is 7.05 Å². The number of esters is 1. The van der Waals surface area contributed by atoms with E-state index in [4.69, 9.17) is 4.74 Å². The SMILES string of the molecule is COC(=O)c1c(NC(=O)c2ccc(C(C)=O)cc2)sc2c1CCN(C)C2. The summed E-state index contributed by atoms with van der Waals surface area (Å²) in [5, 5.41) is 3.35. The van der Waals surface area contributed by atoms with Gasteiger partial charge < -0.3 is 15.0 Å². The van der Waals surface area contributed by atoms with Crippen LogP contribution in [-0.4, -0.2) is 43.3 Å². The highest BCUT2D eigenvalue weighted by Crippen LogP contribution is 2.37. The van der Waals surface area contributed by atoms with Gasteiger partial charge in [0.05, 0.1) is 12.7 Å². The van der Waals surface area contributed by atoms with Crippen LogP contribution in [0.1, 0.15) is 48.4 Å². The molecule has 2 aromatic rings. The molecular formula is C19H20N2O4S. The topological polar surface area (TPSA) is 75.7 Å². The fourth-order valence-corrected chi connectivity index (χ4v) is 4.28. The molecule has 6 nitrogen and oxygen atoms in total. The Hall–Kier alpha value is -2.51. The Morgan fingerprint density at radius 3 is 2.42 bits per heavy atom. The van der Waals surface area contributed by atoms with Crippen molar-refractivity contribution in [1.82, 2.24) is 4.90 Å². The number of nitrogens with one attached hydrogen (secondary N) is 1. The van der Waals surface area contributed by atoms with Gasteiger partial charge in [0.2, 0.25) is 0 Å². The zero-order valence-electron chi connectivity index (χ0n) is 14.9. The maximum Gasteiger partial charge on any atom is 0.341 e. The maximum absolute atomic E-state index is 12.6. The van der Waals surface area contributed by atoms with E-state index >= 15 is 0 Å². The van der Waals surface area contributed by atoms with Crippen molar-refractivity contribution in [3.63, 3.8) is 0 Å². The van der Waals surface area contributed by atoms with E-state index in [1.165, 1.54) is 25.4 Å². The molecule has 0 bridgehead atoms. The second kappa shape index (κ2) is 7.39. The van der Waals surface area contributed by atoms with Gasteiger partial charge in [0, 0.05) is 29.1 Å². The number of ether oxygens (including phenoxy) is 1. The minimum Gasteiger partial charge on any atom is -0.465 e. The van der Waals surface area contributed by atoms with Crippen molar-refractivity contribution < 1.29 is 19.1 Å². The van der Waals surface area contributed by atoms with Crippen LogP contribution in [0.2, 0.25) is 0 Å². The molecule has 1 aromatic carbocycles. The number of rotatable bonds is 4. The molecule has 0 saturated carbocycles. The standard InChI is InChI=1S/C19H20N2O4S/c1-11(22)12-4-6-13(7-5-12)17(23)20-18-16(19(24)25-3)14-8-9-21(2)10-15(14)26-18/h4-7H,8-10H2,1-3H3,(H,20,23). The molecule has 136 valence electrons. The first-order valence-electron chi connectivity index (χ1n) is 8.24. The third-order valence-corrected chi connectivity index (χ3v) is 5.55. The highest BCUT2D eigenvalue weighted by atomic mass is 32.1. The molecule has 1 aliphatic rings. The first kappa shape index (κ1) is 18.3. The molecule has 1 amide bonds. The van der Waals surface area contributed by atoms with Crippen LogP contribution in [0.3, 0.4) is 0 Å². The lowest BCUT2D eigenvalue weighted by Gasteiger charge is -2.22. The van der Waals surface area contributed by atoms with E-state index in [9.17, 15) is 14.4 Å². The van der Waals surface area contributed by atoms with Crippen LogP contribution >= 0.6 is 11.3 Å². The first-order chi connectivity index (χ1) is 12.4. The Balaban J connectivity index is 1.90. The van der Waals surface area contributed by atoms with Gasteiger partial charge in [0.1, 0.15) is 5.00 Å². The van der Waals surface area contributed by atoms with Crippen LogP contribution in [0, 0.1) is 0 Å². The normalized spacial score (nSPS) is 13.8. The van der Waals surface area contributed by atoms with Crippen LogP contribution in [0.15, 0.2) is 24.3 Å². The summed E-state index contributed by atoms with van der Waals surface area (Å²) in [4.78, 5) is 39.5. The average Bonchev–Trinajstić information content (AvgIpc) is 2.97. The Bertz CT molecular complexity index is 870. The average molecular weight is 372 g/mol. The summed E-state index contributed by atoms with van der Waals surface area (Å²) in [5.41, 5.74) is 2.39. The predicted molar refractivity (Wildman–Crippen MR) is 100 cm³/mol. The van der Waals surface area contributed by atoms with Crippen molar-refractivity contribution in [2.24, 2.45) is 0 Å². The van der Waals surface area contributed by atoms with E-state index < -0.39 is 5.97 Å². The van der Waals surface area contributed by atoms with Gasteiger partial charge in [-0.3, -0.25) is 9.59 Å². The molecule has 0 spiro atoms. The molecule has 1 aliphatic heterocycles. The molecule has 2 heterocycles. The summed E-state index contributed by atoms with van der Waals surface area (Å²) in [6.07, 6.45) is 0.746. The lowest BCUT2D eigenvalue weighted by atomic mass is 10.0. The molecular weight excluding hydrogens is 352 g/mol. The predicted octanol–water partition coefficient (Wildman–Crippen LogP) is 2.98. The smallest absolute Gasteiger partial charge is 0.341 e.